The number of thiophene rings is 1. The molecule has 0 aromatic carbocycles. The molecule has 7 heteroatoms. The largest absolute Gasteiger partial charge is 0.346 e. The predicted molar refractivity (Wildman–Crippen MR) is 113 cm³/mol. The van der Waals surface area contributed by atoms with Crippen molar-refractivity contribution in [2.75, 3.05) is 13.1 Å². The van der Waals surface area contributed by atoms with Crippen molar-refractivity contribution in [1.82, 2.24) is 19.4 Å². The van der Waals surface area contributed by atoms with E-state index < -0.39 is 0 Å². The molecule has 5 heterocycles. The van der Waals surface area contributed by atoms with Crippen LogP contribution in [0, 0.1) is 0 Å². The lowest BCUT2D eigenvalue weighted by molar-refractivity contribution is 0.183. The van der Waals surface area contributed by atoms with Crippen molar-refractivity contribution >= 4 is 49.2 Å². The van der Waals surface area contributed by atoms with Gasteiger partial charge >= 0.3 is 0 Å². The highest BCUT2D eigenvalue weighted by Crippen LogP contribution is 2.30. The van der Waals surface area contributed by atoms with Gasteiger partial charge in [-0.05, 0) is 40.9 Å². The SMILES string of the molecule is O=c1ccn(C2CCN(Cc3cc(Br)cs3)CC2)c2c1cnc1[nH]ccc12. The molecule has 0 unspecified atom stereocenters. The van der Waals surface area contributed by atoms with E-state index in [2.05, 4.69) is 46.8 Å². The number of halogens is 1. The van der Waals surface area contributed by atoms with Crippen LogP contribution in [0.25, 0.3) is 21.9 Å². The Hall–Kier alpha value is -1.96. The smallest absolute Gasteiger partial charge is 0.190 e. The van der Waals surface area contributed by atoms with Gasteiger partial charge in [0.15, 0.2) is 5.43 Å². The summed E-state index contributed by atoms with van der Waals surface area (Å²) in [6, 6.07) is 6.31. The molecule has 0 saturated carbocycles. The third kappa shape index (κ3) is 3.13. The van der Waals surface area contributed by atoms with Crippen molar-refractivity contribution in [3.63, 3.8) is 0 Å². The van der Waals surface area contributed by atoms with Crippen LogP contribution in [0.1, 0.15) is 23.8 Å². The number of hydrogen-bond donors (Lipinski definition) is 1. The van der Waals surface area contributed by atoms with Crippen LogP contribution in [0.4, 0.5) is 0 Å². The van der Waals surface area contributed by atoms with Crippen LogP contribution in [0.3, 0.4) is 0 Å². The molecule has 1 N–H and O–H groups in total. The Labute approximate surface area is 168 Å². The minimum absolute atomic E-state index is 0.0394. The van der Waals surface area contributed by atoms with E-state index in [0.29, 0.717) is 11.4 Å². The summed E-state index contributed by atoms with van der Waals surface area (Å²) in [6.45, 7) is 3.14. The predicted octanol–water partition coefficient (Wildman–Crippen LogP) is 4.54. The maximum Gasteiger partial charge on any atom is 0.190 e. The summed E-state index contributed by atoms with van der Waals surface area (Å²) >= 11 is 5.34. The molecule has 0 spiro atoms. The number of aromatic nitrogens is 3. The lowest BCUT2D eigenvalue weighted by Gasteiger charge is -2.33. The molecule has 1 saturated heterocycles. The monoisotopic (exact) mass is 442 g/mol. The van der Waals surface area contributed by atoms with E-state index in [4.69, 9.17) is 0 Å². The van der Waals surface area contributed by atoms with Gasteiger partial charge in [0.1, 0.15) is 5.65 Å². The average Bonchev–Trinajstić information content (AvgIpc) is 3.31. The van der Waals surface area contributed by atoms with Crippen molar-refractivity contribution in [3.8, 4) is 0 Å². The summed E-state index contributed by atoms with van der Waals surface area (Å²) in [4.78, 5) is 23.8. The lowest BCUT2D eigenvalue weighted by Crippen LogP contribution is -2.34. The molecule has 0 bridgehead atoms. The molecule has 0 aliphatic carbocycles. The summed E-state index contributed by atoms with van der Waals surface area (Å²) in [5.41, 5.74) is 1.88. The number of nitrogens with zero attached hydrogens (tertiary/aromatic N) is 3. The van der Waals surface area contributed by atoms with Gasteiger partial charge in [-0.1, -0.05) is 0 Å². The number of piperidine rings is 1. The van der Waals surface area contributed by atoms with E-state index in [9.17, 15) is 4.79 Å². The Morgan fingerprint density at radius 3 is 2.89 bits per heavy atom. The highest BCUT2D eigenvalue weighted by Gasteiger charge is 2.22. The Bertz CT molecular complexity index is 1170. The van der Waals surface area contributed by atoms with Crippen molar-refractivity contribution in [3.05, 3.63) is 61.7 Å². The molecule has 5 nitrogen and oxygen atoms in total. The van der Waals surface area contributed by atoms with Crippen LogP contribution >= 0.6 is 27.3 Å². The second kappa shape index (κ2) is 6.89. The van der Waals surface area contributed by atoms with Crippen LogP contribution in [-0.2, 0) is 6.54 Å². The molecule has 27 heavy (non-hydrogen) atoms. The summed E-state index contributed by atoms with van der Waals surface area (Å²) in [7, 11) is 0. The van der Waals surface area contributed by atoms with E-state index >= 15 is 0 Å². The number of H-pyrrole nitrogens is 1. The third-order valence-corrected chi connectivity index (χ3v) is 7.10. The molecular weight excluding hydrogens is 424 g/mol. The Kier molecular flexibility index (Phi) is 4.38. The van der Waals surface area contributed by atoms with Gasteiger partial charge in [0.25, 0.3) is 0 Å². The Morgan fingerprint density at radius 1 is 1.26 bits per heavy atom. The molecule has 0 radical (unpaired) electrons. The summed E-state index contributed by atoms with van der Waals surface area (Å²) < 4.78 is 3.47. The Balaban J connectivity index is 1.44. The average molecular weight is 443 g/mol. The molecule has 138 valence electrons. The standard InChI is InChI=1S/C20H19BrN4OS/c21-13-9-15(27-12-13)11-24-6-2-14(3-7-24)25-8-4-18(26)17-10-23-20-16(19(17)25)1-5-22-20/h1,4-5,8-10,12,14H,2-3,6-7,11H2,(H,22,23). The van der Waals surface area contributed by atoms with Gasteiger partial charge in [-0.15, -0.1) is 11.3 Å². The first-order valence-corrected chi connectivity index (χ1v) is 10.8. The van der Waals surface area contributed by atoms with Crippen LogP contribution in [0.5, 0.6) is 0 Å². The number of pyridine rings is 2. The molecule has 4 aromatic rings. The maximum absolute atomic E-state index is 12.4. The highest BCUT2D eigenvalue weighted by molar-refractivity contribution is 9.10. The van der Waals surface area contributed by atoms with Crippen molar-refractivity contribution in [1.29, 1.82) is 0 Å². The molecular formula is C20H19BrN4OS. The van der Waals surface area contributed by atoms with E-state index in [1.165, 1.54) is 9.35 Å². The van der Waals surface area contributed by atoms with Gasteiger partial charge in [0.2, 0.25) is 0 Å². The quantitative estimate of drug-likeness (QED) is 0.506. The number of aromatic amines is 1. The van der Waals surface area contributed by atoms with Gasteiger partial charge in [-0.3, -0.25) is 9.69 Å². The molecule has 1 fully saturated rings. The zero-order chi connectivity index (χ0) is 18.4. The van der Waals surface area contributed by atoms with Gasteiger partial charge < -0.3 is 9.55 Å². The summed E-state index contributed by atoms with van der Waals surface area (Å²) in [6.07, 6.45) is 7.72. The number of nitrogens with one attached hydrogen (secondary N) is 1. The zero-order valence-electron chi connectivity index (χ0n) is 14.7. The van der Waals surface area contributed by atoms with Crippen LogP contribution in [-0.4, -0.2) is 32.5 Å². The van der Waals surface area contributed by atoms with Crippen molar-refractivity contribution < 1.29 is 0 Å². The van der Waals surface area contributed by atoms with Crippen LogP contribution < -0.4 is 5.43 Å². The minimum atomic E-state index is 0.0394. The van der Waals surface area contributed by atoms with Gasteiger partial charge in [0.05, 0.1) is 10.9 Å². The molecule has 5 rings (SSSR count). The van der Waals surface area contributed by atoms with Gasteiger partial charge in [0, 0.05) is 70.4 Å². The van der Waals surface area contributed by atoms with Gasteiger partial charge in [-0.2, -0.15) is 0 Å². The fraction of sp³-hybridized carbons (Fsp3) is 0.300. The summed E-state index contributed by atoms with van der Waals surface area (Å²) in [5, 5.41) is 3.87. The first kappa shape index (κ1) is 17.2. The molecule has 1 aliphatic rings. The summed E-state index contributed by atoms with van der Waals surface area (Å²) in [5.74, 6) is 0. The first-order chi connectivity index (χ1) is 13.2. The zero-order valence-corrected chi connectivity index (χ0v) is 17.1. The Morgan fingerprint density at radius 2 is 2.11 bits per heavy atom. The fourth-order valence-corrected chi connectivity index (χ4v) is 5.57. The topological polar surface area (TPSA) is 53.9 Å². The highest BCUT2D eigenvalue weighted by atomic mass is 79.9. The second-order valence-corrected chi connectivity index (χ2v) is 9.00. The first-order valence-electron chi connectivity index (χ1n) is 9.11. The number of rotatable bonds is 3. The van der Waals surface area contributed by atoms with Crippen LogP contribution in [0.2, 0.25) is 0 Å². The third-order valence-electron chi connectivity index (χ3n) is 5.42. The van der Waals surface area contributed by atoms with E-state index in [-0.39, 0.29) is 5.43 Å². The second-order valence-electron chi connectivity index (χ2n) is 7.09. The van der Waals surface area contributed by atoms with Crippen LogP contribution in [0.15, 0.2) is 51.4 Å². The number of hydrogen-bond acceptors (Lipinski definition) is 4. The number of fused-ring (bicyclic) bond motifs is 3. The molecule has 0 amide bonds. The van der Waals surface area contributed by atoms with E-state index in [1.807, 2.05) is 29.8 Å². The maximum atomic E-state index is 12.4. The van der Waals surface area contributed by atoms with E-state index in [0.717, 1.165) is 49.0 Å². The molecule has 0 atom stereocenters. The minimum Gasteiger partial charge on any atom is -0.346 e. The van der Waals surface area contributed by atoms with E-state index in [1.54, 1.807) is 12.3 Å². The normalized spacial score (nSPS) is 16.5. The number of likely N-dealkylation sites (tertiary alicyclic amines) is 1. The fourth-order valence-electron chi connectivity index (χ4n) is 4.08. The van der Waals surface area contributed by atoms with Gasteiger partial charge in [-0.25, -0.2) is 4.98 Å². The molecule has 1 aliphatic heterocycles. The lowest BCUT2D eigenvalue weighted by atomic mass is 10.0. The van der Waals surface area contributed by atoms with Crippen molar-refractivity contribution in [2.24, 2.45) is 0 Å². The van der Waals surface area contributed by atoms with Crippen molar-refractivity contribution in [2.45, 2.75) is 25.4 Å². The molecule has 4 aromatic heterocycles.